The van der Waals surface area contributed by atoms with Gasteiger partial charge in [0, 0.05) is 16.6 Å². The van der Waals surface area contributed by atoms with E-state index >= 15 is 0 Å². The summed E-state index contributed by atoms with van der Waals surface area (Å²) in [4.78, 5) is 11.3. The molecule has 1 aromatic carbocycles. The van der Waals surface area contributed by atoms with Crippen molar-refractivity contribution in [2.75, 3.05) is 5.75 Å². The number of carbonyl (C=O) groups is 1. The normalized spacial score (nSPS) is 18.6. The number of primary amides is 1. The van der Waals surface area contributed by atoms with Crippen molar-refractivity contribution in [1.82, 2.24) is 0 Å². The fourth-order valence-electron chi connectivity index (χ4n) is 2.41. The van der Waals surface area contributed by atoms with E-state index in [1.54, 1.807) is 0 Å². The number of aryl methyl sites for hydroxylation is 1. The maximum atomic E-state index is 11.3. The Morgan fingerprint density at radius 3 is 2.84 bits per heavy atom. The van der Waals surface area contributed by atoms with Gasteiger partial charge in [-0.3, -0.25) is 4.79 Å². The molecule has 1 amide bonds. The summed E-state index contributed by atoms with van der Waals surface area (Å²) in [5.41, 5.74) is 7.17. The molecule has 2 rings (SSSR count). The first-order valence-electron chi connectivity index (χ1n) is 6.93. The molecule has 1 heterocycles. The smallest absolute Gasteiger partial charge is 0.248 e. The predicted octanol–water partition coefficient (Wildman–Crippen LogP) is 4.04. The highest BCUT2D eigenvalue weighted by atomic mass is 33.1. The molecule has 2 nitrogen and oxygen atoms in total. The molecule has 1 aliphatic heterocycles. The Hall–Kier alpha value is -0.610. The fourth-order valence-corrected chi connectivity index (χ4v) is 5.44. The molecule has 2 N–H and O–H groups in total. The Bertz CT molecular complexity index is 416. The van der Waals surface area contributed by atoms with Gasteiger partial charge in [-0.05, 0) is 37.3 Å². The summed E-state index contributed by atoms with van der Waals surface area (Å²) in [5.74, 6) is 1.01. The second-order valence-corrected chi connectivity index (χ2v) is 7.74. The van der Waals surface area contributed by atoms with Gasteiger partial charge in [-0.25, -0.2) is 0 Å². The lowest BCUT2D eigenvalue weighted by Gasteiger charge is -2.08. The van der Waals surface area contributed by atoms with Crippen LogP contribution in [0.5, 0.6) is 0 Å². The van der Waals surface area contributed by atoms with Crippen molar-refractivity contribution in [2.45, 2.75) is 43.8 Å². The number of nitrogens with two attached hydrogens (primary N) is 1. The van der Waals surface area contributed by atoms with Crippen molar-refractivity contribution in [2.24, 2.45) is 5.73 Å². The van der Waals surface area contributed by atoms with Gasteiger partial charge in [-0.2, -0.15) is 0 Å². The summed E-state index contributed by atoms with van der Waals surface area (Å²) in [7, 11) is 4.07. The third-order valence-corrected chi connectivity index (χ3v) is 6.49. The average Bonchev–Trinajstić information content (AvgIpc) is 2.92. The highest BCUT2D eigenvalue weighted by Crippen LogP contribution is 2.39. The van der Waals surface area contributed by atoms with Gasteiger partial charge < -0.3 is 5.73 Å². The van der Waals surface area contributed by atoms with Gasteiger partial charge in [-0.1, -0.05) is 52.6 Å². The molecule has 1 aromatic rings. The van der Waals surface area contributed by atoms with E-state index in [-0.39, 0.29) is 5.91 Å². The molecular formula is C15H21NOS2. The van der Waals surface area contributed by atoms with Crippen LogP contribution in [0.15, 0.2) is 24.3 Å². The lowest BCUT2D eigenvalue weighted by atomic mass is 10.00. The predicted molar refractivity (Wildman–Crippen MR) is 85.6 cm³/mol. The zero-order valence-corrected chi connectivity index (χ0v) is 12.8. The molecule has 0 bridgehead atoms. The van der Waals surface area contributed by atoms with E-state index in [1.165, 1.54) is 31.4 Å². The zero-order chi connectivity index (χ0) is 13.5. The Balaban J connectivity index is 1.69. The van der Waals surface area contributed by atoms with Crippen LogP contribution in [-0.4, -0.2) is 16.9 Å². The van der Waals surface area contributed by atoms with Crippen LogP contribution < -0.4 is 5.73 Å². The van der Waals surface area contributed by atoms with Crippen LogP contribution in [0.4, 0.5) is 0 Å². The average molecular weight is 295 g/mol. The summed E-state index contributed by atoms with van der Waals surface area (Å²) in [6.07, 6.45) is 7.38. The molecule has 1 atom stereocenters. The minimum Gasteiger partial charge on any atom is -0.366 e. The molecule has 1 unspecified atom stereocenters. The number of rotatable bonds is 7. The monoisotopic (exact) mass is 295 g/mol. The zero-order valence-electron chi connectivity index (χ0n) is 11.1. The first-order valence-corrected chi connectivity index (χ1v) is 9.31. The number of amides is 1. The maximum Gasteiger partial charge on any atom is 0.248 e. The number of hydrogen-bond acceptors (Lipinski definition) is 3. The molecule has 0 aromatic heterocycles. The van der Waals surface area contributed by atoms with Gasteiger partial charge in [0.05, 0.1) is 0 Å². The molecule has 0 spiro atoms. The largest absolute Gasteiger partial charge is 0.366 e. The molecule has 19 heavy (non-hydrogen) atoms. The third-order valence-electron chi connectivity index (χ3n) is 3.48. The Labute approximate surface area is 123 Å². The lowest BCUT2D eigenvalue weighted by molar-refractivity contribution is 0.0999. The maximum absolute atomic E-state index is 11.3. The molecule has 0 aliphatic carbocycles. The van der Waals surface area contributed by atoms with E-state index in [1.807, 2.05) is 35.1 Å². The second-order valence-electron chi connectivity index (χ2n) is 4.95. The number of hydrogen-bond donors (Lipinski definition) is 1. The van der Waals surface area contributed by atoms with E-state index in [4.69, 9.17) is 5.73 Å². The van der Waals surface area contributed by atoms with E-state index in [2.05, 4.69) is 10.8 Å². The molecule has 1 aliphatic rings. The van der Waals surface area contributed by atoms with E-state index < -0.39 is 0 Å². The minimum atomic E-state index is -0.310. The molecule has 1 fully saturated rings. The molecule has 0 saturated carbocycles. The van der Waals surface area contributed by atoms with Crippen LogP contribution in [0.3, 0.4) is 0 Å². The summed E-state index contributed by atoms with van der Waals surface area (Å²) < 4.78 is 0. The van der Waals surface area contributed by atoms with Crippen LogP contribution in [0.25, 0.3) is 0 Å². The Morgan fingerprint density at radius 1 is 1.26 bits per heavy atom. The van der Waals surface area contributed by atoms with Crippen molar-refractivity contribution >= 4 is 27.5 Å². The Kier molecular flexibility index (Phi) is 6.11. The summed E-state index contributed by atoms with van der Waals surface area (Å²) in [5, 5.41) is 0.878. The van der Waals surface area contributed by atoms with E-state index in [0.717, 1.165) is 23.7 Å². The molecule has 104 valence electrons. The van der Waals surface area contributed by atoms with Crippen molar-refractivity contribution in [3.63, 3.8) is 0 Å². The SMILES string of the molecule is NC(=O)c1ccccc1CCCCCC1CCSS1. The van der Waals surface area contributed by atoms with Crippen LogP contribution in [0.1, 0.15) is 48.0 Å². The van der Waals surface area contributed by atoms with Crippen LogP contribution in [-0.2, 0) is 6.42 Å². The highest BCUT2D eigenvalue weighted by molar-refractivity contribution is 8.77. The van der Waals surface area contributed by atoms with Gasteiger partial charge >= 0.3 is 0 Å². The molecular weight excluding hydrogens is 274 g/mol. The van der Waals surface area contributed by atoms with Crippen molar-refractivity contribution in [3.05, 3.63) is 35.4 Å². The van der Waals surface area contributed by atoms with Gasteiger partial charge in [0.2, 0.25) is 5.91 Å². The van der Waals surface area contributed by atoms with Crippen LogP contribution in [0, 0.1) is 0 Å². The van der Waals surface area contributed by atoms with Crippen LogP contribution >= 0.6 is 21.6 Å². The summed E-state index contributed by atoms with van der Waals surface area (Å²) in [6.45, 7) is 0. The van der Waals surface area contributed by atoms with Gasteiger partial charge in [0.25, 0.3) is 0 Å². The van der Waals surface area contributed by atoms with Gasteiger partial charge in [-0.15, -0.1) is 0 Å². The van der Waals surface area contributed by atoms with E-state index in [0.29, 0.717) is 5.56 Å². The number of unbranched alkanes of at least 4 members (excludes halogenated alkanes) is 2. The molecule has 0 radical (unpaired) electrons. The fraction of sp³-hybridized carbons (Fsp3) is 0.533. The van der Waals surface area contributed by atoms with Crippen molar-refractivity contribution < 1.29 is 4.79 Å². The highest BCUT2D eigenvalue weighted by Gasteiger charge is 2.15. The first kappa shape index (κ1) is 14.8. The topological polar surface area (TPSA) is 43.1 Å². The van der Waals surface area contributed by atoms with Crippen LogP contribution in [0.2, 0.25) is 0 Å². The van der Waals surface area contributed by atoms with Crippen molar-refractivity contribution in [3.8, 4) is 0 Å². The first-order chi connectivity index (χ1) is 9.27. The summed E-state index contributed by atoms with van der Waals surface area (Å²) >= 11 is 0. The van der Waals surface area contributed by atoms with E-state index in [9.17, 15) is 4.79 Å². The Morgan fingerprint density at radius 2 is 2.11 bits per heavy atom. The standard InChI is InChI=1S/C15H21NOS2/c16-15(17)14-9-5-4-7-12(14)6-2-1-3-8-13-10-11-18-19-13/h4-5,7,9,13H,1-3,6,8,10-11H2,(H2,16,17). The molecule has 1 saturated heterocycles. The third kappa shape index (κ3) is 4.77. The quantitative estimate of drug-likeness (QED) is 0.610. The molecule has 4 heteroatoms. The minimum absolute atomic E-state index is 0.310. The number of carbonyl (C=O) groups excluding carboxylic acids is 1. The lowest BCUT2D eigenvalue weighted by Crippen LogP contribution is -2.13. The van der Waals surface area contributed by atoms with Gasteiger partial charge in [0.1, 0.15) is 0 Å². The number of benzene rings is 1. The second kappa shape index (κ2) is 7.85. The summed E-state index contributed by atoms with van der Waals surface area (Å²) in [6, 6.07) is 7.69. The van der Waals surface area contributed by atoms with Crippen molar-refractivity contribution in [1.29, 1.82) is 0 Å². The van der Waals surface area contributed by atoms with Gasteiger partial charge in [0.15, 0.2) is 0 Å².